The molecule has 0 aliphatic heterocycles. The van der Waals surface area contributed by atoms with Crippen LogP contribution in [0, 0.1) is 11.8 Å². The van der Waals surface area contributed by atoms with Crippen molar-refractivity contribution in [2.75, 3.05) is 12.5 Å². The van der Waals surface area contributed by atoms with Gasteiger partial charge in [0.15, 0.2) is 6.61 Å². The molecular formula is C8H12ClF3O2. The number of esters is 1. The van der Waals surface area contributed by atoms with E-state index in [-0.39, 0.29) is 11.8 Å². The molecule has 0 aliphatic carbocycles. The Morgan fingerprint density at radius 2 is 1.93 bits per heavy atom. The standard InChI is InChI=1S/C8H12ClF3O2/c1-5(2)6(3-9)7(13)14-4-8(10,11)12/h5-6H,3-4H2,1-2H3. The summed E-state index contributed by atoms with van der Waals surface area (Å²) in [6, 6.07) is 0. The minimum atomic E-state index is -4.48. The maximum atomic E-state index is 11.7. The van der Waals surface area contributed by atoms with Gasteiger partial charge in [0, 0.05) is 5.88 Å². The van der Waals surface area contributed by atoms with Crippen LogP contribution < -0.4 is 0 Å². The lowest BCUT2D eigenvalue weighted by Crippen LogP contribution is -2.28. The first kappa shape index (κ1) is 13.5. The number of ether oxygens (including phenoxy) is 1. The Labute approximate surface area is 85.4 Å². The van der Waals surface area contributed by atoms with E-state index in [0.29, 0.717) is 0 Å². The van der Waals surface area contributed by atoms with E-state index in [2.05, 4.69) is 4.74 Å². The third-order valence-corrected chi connectivity index (χ3v) is 1.98. The molecular weight excluding hydrogens is 221 g/mol. The van der Waals surface area contributed by atoms with Crippen LogP contribution >= 0.6 is 11.6 Å². The highest BCUT2D eigenvalue weighted by atomic mass is 35.5. The van der Waals surface area contributed by atoms with E-state index in [1.165, 1.54) is 0 Å². The molecule has 6 heteroatoms. The molecule has 0 saturated carbocycles. The first-order valence-electron chi connectivity index (χ1n) is 4.07. The molecule has 14 heavy (non-hydrogen) atoms. The zero-order valence-corrected chi connectivity index (χ0v) is 8.65. The van der Waals surface area contributed by atoms with E-state index in [1.54, 1.807) is 13.8 Å². The Bertz CT molecular complexity index is 192. The molecule has 1 unspecified atom stereocenters. The van der Waals surface area contributed by atoms with Gasteiger partial charge in [0.2, 0.25) is 0 Å². The lowest BCUT2D eigenvalue weighted by molar-refractivity contribution is -0.189. The van der Waals surface area contributed by atoms with Crippen molar-refractivity contribution in [3.05, 3.63) is 0 Å². The van der Waals surface area contributed by atoms with Gasteiger partial charge in [-0.3, -0.25) is 4.79 Å². The summed E-state index contributed by atoms with van der Waals surface area (Å²) in [6.45, 7) is 1.84. The van der Waals surface area contributed by atoms with E-state index in [1.807, 2.05) is 0 Å². The van der Waals surface area contributed by atoms with Crippen molar-refractivity contribution in [1.82, 2.24) is 0 Å². The third-order valence-electron chi connectivity index (χ3n) is 1.65. The SMILES string of the molecule is CC(C)C(CCl)C(=O)OCC(F)(F)F. The molecule has 0 fully saturated rings. The number of hydrogen-bond acceptors (Lipinski definition) is 2. The van der Waals surface area contributed by atoms with Crippen LogP contribution in [0.4, 0.5) is 13.2 Å². The summed E-state index contributed by atoms with van der Waals surface area (Å²) in [7, 11) is 0. The zero-order chi connectivity index (χ0) is 11.4. The van der Waals surface area contributed by atoms with Gasteiger partial charge in [-0.25, -0.2) is 0 Å². The second kappa shape index (κ2) is 5.44. The number of carbonyl (C=O) groups excluding carboxylic acids is 1. The molecule has 0 aromatic carbocycles. The number of alkyl halides is 4. The zero-order valence-electron chi connectivity index (χ0n) is 7.90. The summed E-state index contributed by atoms with van der Waals surface area (Å²) in [5.41, 5.74) is 0. The average Bonchev–Trinajstić information content (AvgIpc) is 2.00. The molecule has 0 spiro atoms. The van der Waals surface area contributed by atoms with Crippen LogP contribution in [0.3, 0.4) is 0 Å². The van der Waals surface area contributed by atoms with Gasteiger partial charge in [-0.15, -0.1) is 11.6 Å². The van der Waals surface area contributed by atoms with Crippen molar-refractivity contribution in [3.63, 3.8) is 0 Å². The smallest absolute Gasteiger partial charge is 0.422 e. The summed E-state index contributed by atoms with van der Waals surface area (Å²) >= 11 is 5.43. The van der Waals surface area contributed by atoms with Crippen molar-refractivity contribution in [2.45, 2.75) is 20.0 Å². The van der Waals surface area contributed by atoms with Crippen LogP contribution in [0.15, 0.2) is 0 Å². The van der Waals surface area contributed by atoms with Crippen molar-refractivity contribution < 1.29 is 22.7 Å². The third kappa shape index (κ3) is 5.32. The lowest BCUT2D eigenvalue weighted by atomic mass is 9.98. The van der Waals surface area contributed by atoms with Gasteiger partial charge >= 0.3 is 12.1 Å². The van der Waals surface area contributed by atoms with Crippen molar-refractivity contribution in [2.24, 2.45) is 11.8 Å². The molecule has 0 aromatic heterocycles. The van der Waals surface area contributed by atoms with Crippen LogP contribution in [0.1, 0.15) is 13.8 Å². The van der Waals surface area contributed by atoms with Gasteiger partial charge in [-0.2, -0.15) is 13.2 Å². The Hall–Kier alpha value is -0.450. The first-order valence-corrected chi connectivity index (χ1v) is 4.60. The minimum absolute atomic E-state index is 0.0334. The van der Waals surface area contributed by atoms with Crippen LogP contribution in [0.5, 0.6) is 0 Å². The van der Waals surface area contributed by atoms with Crippen LogP contribution in [-0.4, -0.2) is 24.6 Å². The van der Waals surface area contributed by atoms with Crippen LogP contribution in [0.25, 0.3) is 0 Å². The fraction of sp³-hybridized carbons (Fsp3) is 0.875. The Morgan fingerprint density at radius 1 is 1.43 bits per heavy atom. The van der Waals surface area contributed by atoms with Crippen LogP contribution in [-0.2, 0) is 9.53 Å². The quantitative estimate of drug-likeness (QED) is 0.550. The van der Waals surface area contributed by atoms with Crippen LogP contribution in [0.2, 0.25) is 0 Å². The highest BCUT2D eigenvalue weighted by Crippen LogP contribution is 2.18. The van der Waals surface area contributed by atoms with E-state index >= 15 is 0 Å². The number of carbonyl (C=O) groups is 1. The maximum absolute atomic E-state index is 11.7. The van der Waals surface area contributed by atoms with Gasteiger partial charge in [-0.05, 0) is 5.92 Å². The van der Waals surface area contributed by atoms with Gasteiger partial charge in [0.1, 0.15) is 0 Å². The van der Waals surface area contributed by atoms with E-state index < -0.39 is 24.7 Å². The number of rotatable bonds is 4. The number of halogens is 4. The second-order valence-electron chi connectivity index (χ2n) is 3.23. The van der Waals surface area contributed by atoms with Gasteiger partial charge in [-0.1, -0.05) is 13.8 Å². The molecule has 2 nitrogen and oxygen atoms in total. The number of hydrogen-bond donors (Lipinski definition) is 0. The summed E-state index contributed by atoms with van der Waals surface area (Å²) in [4.78, 5) is 11.1. The van der Waals surface area contributed by atoms with Gasteiger partial charge in [0.25, 0.3) is 0 Å². The van der Waals surface area contributed by atoms with Crippen molar-refractivity contribution in [3.8, 4) is 0 Å². The normalized spacial score (nSPS) is 14.2. The Kier molecular flexibility index (Phi) is 5.26. The highest BCUT2D eigenvalue weighted by Gasteiger charge is 2.32. The molecule has 0 heterocycles. The molecule has 0 bridgehead atoms. The summed E-state index contributed by atoms with van der Waals surface area (Å²) in [5, 5.41) is 0. The Morgan fingerprint density at radius 3 is 2.21 bits per heavy atom. The van der Waals surface area contributed by atoms with Gasteiger partial charge < -0.3 is 4.74 Å². The van der Waals surface area contributed by atoms with E-state index in [9.17, 15) is 18.0 Å². The van der Waals surface area contributed by atoms with Crippen molar-refractivity contribution >= 4 is 17.6 Å². The molecule has 0 rings (SSSR count). The molecule has 1 atom stereocenters. The molecule has 0 aliphatic rings. The average molecular weight is 233 g/mol. The van der Waals surface area contributed by atoms with E-state index in [4.69, 9.17) is 11.6 Å². The monoisotopic (exact) mass is 232 g/mol. The summed E-state index contributed by atoms with van der Waals surface area (Å²) in [6.07, 6.45) is -4.48. The molecule has 0 radical (unpaired) electrons. The minimum Gasteiger partial charge on any atom is -0.456 e. The molecule has 0 saturated heterocycles. The Balaban J connectivity index is 4.06. The maximum Gasteiger partial charge on any atom is 0.422 e. The molecule has 0 amide bonds. The fourth-order valence-electron chi connectivity index (χ4n) is 0.773. The topological polar surface area (TPSA) is 26.3 Å². The first-order chi connectivity index (χ1) is 6.28. The molecule has 0 aromatic rings. The lowest BCUT2D eigenvalue weighted by Gasteiger charge is -2.17. The predicted octanol–water partition coefficient (Wildman–Crippen LogP) is 2.60. The van der Waals surface area contributed by atoms with Gasteiger partial charge in [0.05, 0.1) is 5.92 Å². The van der Waals surface area contributed by atoms with E-state index in [0.717, 1.165) is 0 Å². The van der Waals surface area contributed by atoms with Crippen molar-refractivity contribution in [1.29, 1.82) is 0 Å². The molecule has 0 N–H and O–H groups in total. The summed E-state index contributed by atoms with van der Waals surface area (Å²) < 4.78 is 39.1. The second-order valence-corrected chi connectivity index (χ2v) is 3.54. The highest BCUT2D eigenvalue weighted by molar-refractivity contribution is 6.19. The molecule has 84 valence electrons. The fourth-order valence-corrected chi connectivity index (χ4v) is 1.26. The summed E-state index contributed by atoms with van der Waals surface area (Å²) in [5.74, 6) is -1.74. The largest absolute Gasteiger partial charge is 0.456 e. The predicted molar refractivity (Wildman–Crippen MR) is 46.1 cm³/mol.